The Morgan fingerprint density at radius 2 is 1.64 bits per heavy atom. The largest absolute Gasteiger partial charge is 0.435 e. The van der Waals surface area contributed by atoms with Gasteiger partial charge in [0.15, 0.2) is 0 Å². The Balaban J connectivity index is 2.00. The Morgan fingerprint density at radius 3 is 2.18 bits per heavy atom. The van der Waals surface area contributed by atoms with E-state index < -0.39 is 6.61 Å². The maximum absolute atomic E-state index is 12.1. The first-order chi connectivity index (χ1) is 10.5. The third-order valence-corrected chi connectivity index (χ3v) is 3.27. The van der Waals surface area contributed by atoms with Gasteiger partial charge in [0.25, 0.3) is 5.91 Å². The number of carbonyl (C=O) groups is 1. The first kappa shape index (κ1) is 15.9. The van der Waals surface area contributed by atoms with Crippen LogP contribution in [0.4, 0.5) is 8.78 Å². The summed E-state index contributed by atoms with van der Waals surface area (Å²) in [5.41, 5.74) is 2.54. The fourth-order valence-corrected chi connectivity index (χ4v) is 2.01. The number of amides is 1. The summed E-state index contributed by atoms with van der Waals surface area (Å²) < 4.78 is 28.4. The van der Waals surface area contributed by atoms with E-state index in [9.17, 15) is 13.6 Å². The van der Waals surface area contributed by atoms with Gasteiger partial charge in [-0.15, -0.1) is 0 Å². The van der Waals surface area contributed by atoms with E-state index in [1.54, 1.807) is 0 Å². The number of aryl methyl sites for hydroxylation is 1. The van der Waals surface area contributed by atoms with Crippen LogP contribution in [-0.2, 0) is 0 Å². The van der Waals surface area contributed by atoms with E-state index in [0.29, 0.717) is 5.56 Å². The summed E-state index contributed by atoms with van der Waals surface area (Å²) in [4.78, 5) is 12.1. The molecule has 0 unspecified atom stereocenters. The van der Waals surface area contributed by atoms with Crippen molar-refractivity contribution in [2.24, 2.45) is 0 Å². The molecule has 2 rings (SSSR count). The van der Waals surface area contributed by atoms with Crippen molar-refractivity contribution in [1.29, 1.82) is 0 Å². The zero-order valence-electron chi connectivity index (χ0n) is 12.3. The molecule has 116 valence electrons. The van der Waals surface area contributed by atoms with Crippen molar-refractivity contribution < 1.29 is 18.3 Å². The van der Waals surface area contributed by atoms with Crippen molar-refractivity contribution in [3.05, 3.63) is 65.2 Å². The topological polar surface area (TPSA) is 38.3 Å². The third-order valence-electron chi connectivity index (χ3n) is 3.27. The van der Waals surface area contributed by atoms with Crippen LogP contribution in [0.25, 0.3) is 0 Å². The van der Waals surface area contributed by atoms with E-state index in [1.807, 2.05) is 38.1 Å². The van der Waals surface area contributed by atoms with E-state index in [4.69, 9.17) is 0 Å². The maximum atomic E-state index is 12.1. The molecule has 2 aromatic carbocycles. The smallest absolute Gasteiger partial charge is 0.387 e. The Hall–Kier alpha value is -2.43. The molecule has 1 amide bonds. The van der Waals surface area contributed by atoms with Crippen LogP contribution in [0.2, 0.25) is 0 Å². The highest BCUT2D eigenvalue weighted by molar-refractivity contribution is 5.94. The highest BCUT2D eigenvalue weighted by atomic mass is 19.3. The lowest BCUT2D eigenvalue weighted by molar-refractivity contribution is -0.0498. The molecule has 0 radical (unpaired) electrons. The van der Waals surface area contributed by atoms with E-state index in [1.165, 1.54) is 24.3 Å². The summed E-state index contributed by atoms with van der Waals surface area (Å²) in [6.45, 7) is 1.01. The van der Waals surface area contributed by atoms with Crippen molar-refractivity contribution in [3.63, 3.8) is 0 Å². The summed E-state index contributed by atoms with van der Waals surface area (Å²) in [6.07, 6.45) is 0. The number of ether oxygens (including phenoxy) is 1. The zero-order chi connectivity index (χ0) is 16.1. The van der Waals surface area contributed by atoms with Crippen LogP contribution in [0.15, 0.2) is 48.5 Å². The predicted octanol–water partition coefficient (Wildman–Crippen LogP) is 4.09. The number of halogens is 2. The van der Waals surface area contributed by atoms with Gasteiger partial charge in [-0.1, -0.05) is 29.8 Å². The average Bonchev–Trinajstić information content (AvgIpc) is 2.48. The second-order valence-corrected chi connectivity index (χ2v) is 5.01. The van der Waals surface area contributed by atoms with Crippen molar-refractivity contribution >= 4 is 5.91 Å². The summed E-state index contributed by atoms with van der Waals surface area (Å²) in [5, 5.41) is 2.86. The molecule has 0 aliphatic rings. The van der Waals surface area contributed by atoms with Crippen molar-refractivity contribution in [2.45, 2.75) is 26.5 Å². The second kappa shape index (κ2) is 7.02. The molecular formula is C17H17F2NO2. The van der Waals surface area contributed by atoms with Gasteiger partial charge in [-0.05, 0) is 43.7 Å². The monoisotopic (exact) mass is 305 g/mol. The molecule has 0 bridgehead atoms. The van der Waals surface area contributed by atoms with E-state index in [0.717, 1.165) is 11.1 Å². The number of benzene rings is 2. The molecule has 0 fully saturated rings. The molecule has 5 heteroatoms. The van der Waals surface area contributed by atoms with Gasteiger partial charge in [0.2, 0.25) is 0 Å². The Kier molecular flexibility index (Phi) is 5.09. The molecule has 1 N–H and O–H groups in total. The lowest BCUT2D eigenvalue weighted by Gasteiger charge is -2.15. The molecular weight excluding hydrogens is 288 g/mol. The fraction of sp³-hybridized carbons (Fsp3) is 0.235. The molecule has 0 aliphatic carbocycles. The summed E-state index contributed by atoms with van der Waals surface area (Å²) >= 11 is 0. The number of rotatable bonds is 5. The molecule has 0 aliphatic heterocycles. The number of alkyl halides is 2. The fourth-order valence-electron chi connectivity index (χ4n) is 2.01. The lowest BCUT2D eigenvalue weighted by Crippen LogP contribution is -2.26. The van der Waals surface area contributed by atoms with Gasteiger partial charge in [0.1, 0.15) is 5.75 Å². The SMILES string of the molecule is Cc1ccc([C@@H](C)NC(=O)c2ccc(OC(F)F)cc2)cc1. The van der Waals surface area contributed by atoms with Crippen LogP contribution in [0.1, 0.15) is 34.5 Å². The minimum absolute atomic E-state index is 0.0260. The van der Waals surface area contributed by atoms with Crippen LogP contribution in [0, 0.1) is 6.92 Å². The highest BCUT2D eigenvalue weighted by Gasteiger charge is 2.12. The van der Waals surface area contributed by atoms with Gasteiger partial charge in [-0.25, -0.2) is 0 Å². The number of hydrogen-bond acceptors (Lipinski definition) is 2. The van der Waals surface area contributed by atoms with E-state index in [2.05, 4.69) is 10.1 Å². The van der Waals surface area contributed by atoms with Crippen LogP contribution in [0.3, 0.4) is 0 Å². The Labute approximate surface area is 127 Å². The van der Waals surface area contributed by atoms with Crippen LogP contribution in [-0.4, -0.2) is 12.5 Å². The molecule has 0 saturated heterocycles. The summed E-state index contributed by atoms with van der Waals surface area (Å²) in [7, 11) is 0. The molecule has 22 heavy (non-hydrogen) atoms. The van der Waals surface area contributed by atoms with E-state index >= 15 is 0 Å². The minimum Gasteiger partial charge on any atom is -0.435 e. The number of carbonyl (C=O) groups excluding carboxylic acids is 1. The quantitative estimate of drug-likeness (QED) is 0.903. The average molecular weight is 305 g/mol. The third kappa shape index (κ3) is 4.28. The van der Waals surface area contributed by atoms with Crippen molar-refractivity contribution in [2.75, 3.05) is 0 Å². The number of nitrogens with one attached hydrogen (secondary N) is 1. The van der Waals surface area contributed by atoms with Gasteiger partial charge in [-0.2, -0.15) is 8.78 Å². The molecule has 0 aromatic heterocycles. The first-order valence-corrected chi connectivity index (χ1v) is 6.88. The Bertz CT molecular complexity index is 624. The van der Waals surface area contributed by atoms with Gasteiger partial charge >= 0.3 is 6.61 Å². The van der Waals surface area contributed by atoms with Crippen molar-refractivity contribution in [1.82, 2.24) is 5.32 Å². The van der Waals surface area contributed by atoms with Gasteiger partial charge in [-0.3, -0.25) is 4.79 Å². The highest BCUT2D eigenvalue weighted by Crippen LogP contribution is 2.17. The van der Waals surface area contributed by atoms with Crippen LogP contribution in [0.5, 0.6) is 5.75 Å². The standard InChI is InChI=1S/C17H17F2NO2/c1-11-3-5-13(6-4-11)12(2)20-16(21)14-7-9-15(10-8-14)22-17(18)19/h3-10,12,17H,1-2H3,(H,20,21)/t12-/m1/s1. The maximum Gasteiger partial charge on any atom is 0.387 e. The molecule has 1 atom stereocenters. The van der Waals surface area contributed by atoms with Crippen LogP contribution < -0.4 is 10.1 Å². The molecule has 0 heterocycles. The first-order valence-electron chi connectivity index (χ1n) is 6.88. The molecule has 0 spiro atoms. The van der Waals surface area contributed by atoms with Gasteiger partial charge < -0.3 is 10.1 Å². The minimum atomic E-state index is -2.87. The molecule has 2 aromatic rings. The summed E-state index contributed by atoms with van der Waals surface area (Å²) in [6, 6.07) is 13.3. The van der Waals surface area contributed by atoms with Gasteiger partial charge in [0, 0.05) is 5.56 Å². The normalized spacial score (nSPS) is 12.0. The molecule has 0 saturated carbocycles. The zero-order valence-corrected chi connectivity index (χ0v) is 12.3. The number of hydrogen-bond donors (Lipinski definition) is 1. The van der Waals surface area contributed by atoms with E-state index in [-0.39, 0.29) is 17.7 Å². The predicted molar refractivity (Wildman–Crippen MR) is 80.1 cm³/mol. The van der Waals surface area contributed by atoms with Crippen molar-refractivity contribution in [3.8, 4) is 5.75 Å². The molecule has 3 nitrogen and oxygen atoms in total. The van der Waals surface area contributed by atoms with Crippen LogP contribution >= 0.6 is 0 Å². The van der Waals surface area contributed by atoms with Gasteiger partial charge in [0.05, 0.1) is 6.04 Å². The second-order valence-electron chi connectivity index (χ2n) is 5.01. The summed E-state index contributed by atoms with van der Waals surface area (Å²) in [5.74, 6) is -0.241. The lowest BCUT2D eigenvalue weighted by atomic mass is 10.1. The Morgan fingerprint density at radius 1 is 1.05 bits per heavy atom.